The minimum absolute atomic E-state index is 0.165. The molecule has 0 bridgehead atoms. The van der Waals surface area contributed by atoms with E-state index >= 15 is 0 Å². The Labute approximate surface area is 172 Å². The summed E-state index contributed by atoms with van der Waals surface area (Å²) >= 11 is 0. The van der Waals surface area contributed by atoms with Gasteiger partial charge in [-0.25, -0.2) is 4.39 Å². The van der Waals surface area contributed by atoms with Crippen molar-refractivity contribution in [3.05, 3.63) is 60.7 Å². The van der Waals surface area contributed by atoms with Crippen LogP contribution in [0.3, 0.4) is 0 Å². The van der Waals surface area contributed by atoms with Gasteiger partial charge in [-0.3, -0.25) is 4.90 Å². The summed E-state index contributed by atoms with van der Waals surface area (Å²) in [5, 5.41) is 2.20. The number of hydrogen-bond donors (Lipinski definition) is 0. The molecule has 2 aromatic carbocycles. The molecule has 0 aromatic heterocycles. The van der Waals surface area contributed by atoms with Crippen molar-refractivity contribution in [2.45, 2.75) is 56.7 Å². The molecule has 2 nitrogen and oxygen atoms in total. The third kappa shape index (κ3) is 3.25. The predicted octanol–water partition coefficient (Wildman–Crippen LogP) is 4.14. The first-order valence-electron chi connectivity index (χ1n) is 11.3. The van der Waals surface area contributed by atoms with Crippen LogP contribution in [-0.4, -0.2) is 44.6 Å². The molecule has 4 heteroatoms. The van der Waals surface area contributed by atoms with Gasteiger partial charge >= 0.3 is 0 Å². The molecule has 0 radical (unpaired) electrons. The van der Waals surface area contributed by atoms with Crippen LogP contribution in [-0.2, 0) is 4.43 Å². The van der Waals surface area contributed by atoms with E-state index in [9.17, 15) is 4.39 Å². The number of benzene rings is 2. The first kappa shape index (κ1) is 17.4. The van der Waals surface area contributed by atoms with E-state index in [-0.39, 0.29) is 11.5 Å². The summed E-state index contributed by atoms with van der Waals surface area (Å²) in [6, 6.07) is 20.8. The molecule has 0 saturated carbocycles. The third-order valence-electron chi connectivity index (χ3n) is 6.33. The fraction of sp³-hybridized carbons (Fsp3) is 0.500. The maximum absolute atomic E-state index is 14.5. The van der Waals surface area contributed by atoms with E-state index in [1.165, 1.54) is 10.4 Å². The topological polar surface area (TPSA) is 12.5 Å². The molecule has 2 aliphatic rings. The standard InChI is InChI=1S/C24H32FNOSi/c1-23(2,3)28(21-11-6-4-7-12-21,22-13-8-5-9-14-22)27-19-24-15-10-16-26(24)18-20(25)17-24/h4-9,11-14,20H,10,15-19H2,1-3H3/t20-,24+/m1/s1/i10D,15D/t10-,15+,20+,24-/m0. The second kappa shape index (κ2) is 7.40. The van der Waals surface area contributed by atoms with Crippen molar-refractivity contribution in [3.63, 3.8) is 0 Å². The molecule has 0 spiro atoms. The summed E-state index contributed by atoms with van der Waals surface area (Å²) in [5.74, 6) is 0. The summed E-state index contributed by atoms with van der Waals surface area (Å²) in [6.07, 6.45) is -1.83. The van der Waals surface area contributed by atoms with Crippen molar-refractivity contribution >= 4 is 18.7 Å². The lowest BCUT2D eigenvalue weighted by molar-refractivity contribution is 0.107. The Morgan fingerprint density at radius 3 is 2.21 bits per heavy atom. The minimum atomic E-state index is -2.75. The molecular weight excluding hydrogens is 365 g/mol. The molecular formula is C24H32FNOSi. The van der Waals surface area contributed by atoms with E-state index < -0.39 is 32.8 Å². The van der Waals surface area contributed by atoms with E-state index in [1.807, 2.05) is 17.0 Å². The molecule has 0 N–H and O–H groups in total. The first-order chi connectivity index (χ1) is 14.2. The molecule has 4 atom stereocenters. The van der Waals surface area contributed by atoms with Gasteiger partial charge in [-0.05, 0) is 34.8 Å². The summed E-state index contributed by atoms with van der Waals surface area (Å²) in [5.41, 5.74) is -0.709. The van der Waals surface area contributed by atoms with Gasteiger partial charge in [0.2, 0.25) is 0 Å². The highest BCUT2D eigenvalue weighted by Gasteiger charge is 2.54. The Kier molecular flexibility index (Phi) is 4.59. The molecule has 150 valence electrons. The maximum Gasteiger partial charge on any atom is 0.261 e. The van der Waals surface area contributed by atoms with Gasteiger partial charge < -0.3 is 4.43 Å². The maximum atomic E-state index is 14.5. The van der Waals surface area contributed by atoms with Crippen LogP contribution in [0.4, 0.5) is 4.39 Å². The number of halogens is 1. The number of alkyl halides is 1. The van der Waals surface area contributed by atoms with Crippen LogP contribution in [0.2, 0.25) is 5.04 Å². The van der Waals surface area contributed by atoms with Crippen molar-refractivity contribution in [2.24, 2.45) is 0 Å². The van der Waals surface area contributed by atoms with E-state index in [0.717, 1.165) is 0 Å². The van der Waals surface area contributed by atoms with Gasteiger partial charge in [0, 0.05) is 21.2 Å². The van der Waals surface area contributed by atoms with Crippen LogP contribution in [0, 0.1) is 0 Å². The monoisotopic (exact) mass is 399 g/mol. The van der Waals surface area contributed by atoms with Crippen LogP contribution >= 0.6 is 0 Å². The molecule has 2 aromatic rings. The summed E-state index contributed by atoms with van der Waals surface area (Å²) < 4.78 is 38.5. The summed E-state index contributed by atoms with van der Waals surface area (Å²) in [7, 11) is -2.75. The zero-order valence-electron chi connectivity index (χ0n) is 19.1. The number of fused-ring (bicyclic) bond motifs is 1. The molecule has 2 fully saturated rings. The SMILES string of the molecule is [2H][C@@H]1CN2C[C@H](F)C[C@]2(CO[Si](c2ccccc2)(c2ccccc2)C(C)(C)C)[C@@H]1[2H]. The molecule has 2 saturated heterocycles. The summed E-state index contributed by atoms with van der Waals surface area (Å²) in [6.45, 7) is 7.74. The average molecular weight is 400 g/mol. The molecule has 0 aliphatic carbocycles. The smallest absolute Gasteiger partial charge is 0.261 e. The minimum Gasteiger partial charge on any atom is -0.406 e. The average Bonchev–Trinajstić information content (AvgIpc) is 3.14. The highest BCUT2D eigenvalue weighted by molar-refractivity contribution is 6.99. The van der Waals surface area contributed by atoms with Crippen LogP contribution in [0.15, 0.2) is 60.7 Å². The van der Waals surface area contributed by atoms with Gasteiger partial charge in [0.25, 0.3) is 8.32 Å². The number of rotatable bonds is 5. The zero-order chi connectivity index (χ0) is 21.6. The van der Waals surface area contributed by atoms with E-state index in [1.54, 1.807) is 0 Å². The molecule has 4 rings (SSSR count). The fourth-order valence-electron chi connectivity index (χ4n) is 5.02. The predicted molar refractivity (Wildman–Crippen MR) is 117 cm³/mol. The molecule has 0 amide bonds. The number of nitrogens with zero attached hydrogens (tertiary/aromatic N) is 1. The Morgan fingerprint density at radius 1 is 1.11 bits per heavy atom. The second-order valence-corrected chi connectivity index (χ2v) is 13.5. The Hall–Kier alpha value is -1.49. The quantitative estimate of drug-likeness (QED) is 0.701. The number of hydrogen-bond acceptors (Lipinski definition) is 2. The molecule has 0 unspecified atom stereocenters. The van der Waals surface area contributed by atoms with Crippen LogP contribution in [0.25, 0.3) is 0 Å². The van der Waals surface area contributed by atoms with Gasteiger partial charge in [0.05, 0.1) is 6.61 Å². The molecule has 2 heterocycles. The molecule has 2 aliphatic heterocycles. The van der Waals surface area contributed by atoms with E-state index in [4.69, 9.17) is 7.17 Å². The first-order valence-corrected chi connectivity index (χ1v) is 12.1. The Balaban J connectivity index is 1.80. The van der Waals surface area contributed by atoms with Crippen molar-refractivity contribution in [1.29, 1.82) is 0 Å². The van der Waals surface area contributed by atoms with Gasteiger partial charge in [-0.1, -0.05) is 81.4 Å². The normalized spacial score (nSPS) is 32.1. The van der Waals surface area contributed by atoms with Gasteiger partial charge in [-0.15, -0.1) is 0 Å². The Bertz CT molecular complexity index is 823. The zero-order valence-corrected chi connectivity index (χ0v) is 18.1. The highest BCUT2D eigenvalue weighted by Crippen LogP contribution is 2.43. The van der Waals surface area contributed by atoms with Crippen molar-refractivity contribution in [3.8, 4) is 0 Å². The second-order valence-electron chi connectivity index (χ2n) is 9.16. The van der Waals surface area contributed by atoms with Crippen molar-refractivity contribution in [1.82, 2.24) is 4.90 Å². The van der Waals surface area contributed by atoms with Gasteiger partial charge in [0.1, 0.15) is 6.17 Å². The lowest BCUT2D eigenvalue weighted by Crippen LogP contribution is -2.68. The van der Waals surface area contributed by atoms with Crippen molar-refractivity contribution < 1.29 is 11.6 Å². The van der Waals surface area contributed by atoms with Crippen LogP contribution < -0.4 is 10.4 Å². The lowest BCUT2D eigenvalue weighted by Gasteiger charge is -2.45. The van der Waals surface area contributed by atoms with E-state index in [2.05, 4.69) is 69.3 Å². The van der Waals surface area contributed by atoms with E-state index in [0.29, 0.717) is 19.7 Å². The molecule has 28 heavy (non-hydrogen) atoms. The third-order valence-corrected chi connectivity index (χ3v) is 11.3. The Morgan fingerprint density at radius 2 is 1.68 bits per heavy atom. The highest BCUT2D eigenvalue weighted by atomic mass is 28.4. The van der Waals surface area contributed by atoms with Gasteiger partial charge in [-0.2, -0.15) is 0 Å². The largest absolute Gasteiger partial charge is 0.406 e. The van der Waals surface area contributed by atoms with Gasteiger partial charge in [0.15, 0.2) is 0 Å². The van der Waals surface area contributed by atoms with Crippen LogP contribution in [0.1, 0.15) is 42.7 Å². The summed E-state index contributed by atoms with van der Waals surface area (Å²) in [4.78, 5) is 2.02. The lowest BCUT2D eigenvalue weighted by atomic mass is 9.95. The van der Waals surface area contributed by atoms with Crippen LogP contribution in [0.5, 0.6) is 0 Å². The van der Waals surface area contributed by atoms with Crippen molar-refractivity contribution in [2.75, 3.05) is 19.7 Å². The fourth-order valence-corrected chi connectivity index (χ4v) is 9.64.